The first-order valence-electron chi connectivity index (χ1n) is 7.53. The lowest BCUT2D eigenvalue weighted by molar-refractivity contribution is 0.1000. The van der Waals surface area contributed by atoms with E-state index in [9.17, 15) is 17.6 Å². The minimum absolute atomic E-state index is 0.0274. The fourth-order valence-electron chi connectivity index (χ4n) is 2.92. The molecule has 2 aromatic rings. The van der Waals surface area contributed by atoms with Crippen molar-refractivity contribution in [2.45, 2.75) is 17.2 Å². The van der Waals surface area contributed by atoms with Gasteiger partial charge in [0.2, 0.25) is 15.9 Å². The monoisotopic (exact) mass is 348 g/mol. The Morgan fingerprint density at radius 1 is 1.17 bits per heavy atom. The summed E-state index contributed by atoms with van der Waals surface area (Å²) in [4.78, 5) is 11.2. The van der Waals surface area contributed by atoms with Crippen LogP contribution < -0.4 is 5.73 Å². The number of nitrogens with two attached hydrogens (primary N) is 1. The lowest BCUT2D eigenvalue weighted by atomic mass is 9.99. The van der Waals surface area contributed by atoms with Gasteiger partial charge in [0.1, 0.15) is 5.82 Å². The summed E-state index contributed by atoms with van der Waals surface area (Å²) in [5.74, 6) is -0.956. The number of carbonyl (C=O) groups excluding carboxylic acids is 1. The summed E-state index contributed by atoms with van der Waals surface area (Å²) in [6, 6.07) is 11.8. The summed E-state index contributed by atoms with van der Waals surface area (Å²) in [6.45, 7) is 0.685. The third kappa shape index (κ3) is 3.18. The highest BCUT2D eigenvalue weighted by molar-refractivity contribution is 7.89. The zero-order valence-electron chi connectivity index (χ0n) is 12.9. The molecule has 1 atom stereocenters. The van der Waals surface area contributed by atoms with Gasteiger partial charge >= 0.3 is 0 Å². The molecule has 2 aromatic carbocycles. The second-order valence-corrected chi connectivity index (χ2v) is 7.73. The molecule has 5 nitrogen and oxygen atoms in total. The SMILES string of the molecule is NC(=O)c1ccc(S(=O)(=O)N2CC[C@H](c3cccc(F)c3)C2)cc1. The molecule has 0 unspecified atom stereocenters. The van der Waals surface area contributed by atoms with Crippen molar-refractivity contribution in [2.24, 2.45) is 5.73 Å². The molecule has 126 valence electrons. The van der Waals surface area contributed by atoms with Crippen molar-refractivity contribution in [3.8, 4) is 0 Å². The van der Waals surface area contributed by atoms with Crippen LogP contribution >= 0.6 is 0 Å². The van der Waals surface area contributed by atoms with Gasteiger partial charge in [-0.3, -0.25) is 4.79 Å². The van der Waals surface area contributed by atoms with Crippen molar-refractivity contribution in [3.05, 3.63) is 65.5 Å². The zero-order valence-corrected chi connectivity index (χ0v) is 13.7. The van der Waals surface area contributed by atoms with Crippen molar-refractivity contribution in [1.29, 1.82) is 0 Å². The Labute approximate surface area is 139 Å². The summed E-state index contributed by atoms with van der Waals surface area (Å²) >= 11 is 0. The molecule has 0 saturated carbocycles. The first-order valence-corrected chi connectivity index (χ1v) is 8.97. The smallest absolute Gasteiger partial charge is 0.248 e. The van der Waals surface area contributed by atoms with Crippen molar-refractivity contribution in [3.63, 3.8) is 0 Å². The highest BCUT2D eigenvalue weighted by Crippen LogP contribution is 2.31. The molecule has 0 spiro atoms. The van der Waals surface area contributed by atoms with E-state index in [0.717, 1.165) is 5.56 Å². The molecule has 1 heterocycles. The van der Waals surface area contributed by atoms with Crippen LogP contribution in [0.3, 0.4) is 0 Å². The lowest BCUT2D eigenvalue weighted by Gasteiger charge is -2.17. The van der Waals surface area contributed by atoms with Crippen LogP contribution in [0, 0.1) is 5.82 Å². The predicted molar refractivity (Wildman–Crippen MR) is 87.5 cm³/mol. The number of hydrogen-bond acceptors (Lipinski definition) is 3. The molecule has 0 radical (unpaired) electrons. The van der Waals surface area contributed by atoms with Crippen LogP contribution in [0.1, 0.15) is 28.3 Å². The number of carbonyl (C=O) groups is 1. The van der Waals surface area contributed by atoms with E-state index in [1.165, 1.54) is 40.7 Å². The Morgan fingerprint density at radius 3 is 2.50 bits per heavy atom. The van der Waals surface area contributed by atoms with Gasteiger partial charge in [0.05, 0.1) is 4.90 Å². The number of halogens is 1. The van der Waals surface area contributed by atoms with E-state index in [-0.39, 0.29) is 22.2 Å². The van der Waals surface area contributed by atoms with Crippen LogP contribution in [-0.2, 0) is 10.0 Å². The molecule has 0 aliphatic carbocycles. The lowest BCUT2D eigenvalue weighted by Crippen LogP contribution is -2.28. The second kappa shape index (κ2) is 6.33. The van der Waals surface area contributed by atoms with Crippen molar-refractivity contribution in [2.75, 3.05) is 13.1 Å². The second-order valence-electron chi connectivity index (χ2n) is 5.79. The van der Waals surface area contributed by atoms with Crippen LogP contribution in [0.2, 0.25) is 0 Å². The average Bonchev–Trinajstić information content (AvgIpc) is 3.06. The summed E-state index contributed by atoms with van der Waals surface area (Å²) in [6.07, 6.45) is 0.641. The van der Waals surface area contributed by atoms with Crippen LogP contribution in [0.5, 0.6) is 0 Å². The van der Waals surface area contributed by atoms with E-state index in [4.69, 9.17) is 5.73 Å². The van der Waals surface area contributed by atoms with Crippen LogP contribution in [0.25, 0.3) is 0 Å². The Hall–Kier alpha value is -2.25. The van der Waals surface area contributed by atoms with Crippen LogP contribution in [0.4, 0.5) is 4.39 Å². The van der Waals surface area contributed by atoms with Gasteiger partial charge in [-0.15, -0.1) is 0 Å². The maximum Gasteiger partial charge on any atom is 0.248 e. The van der Waals surface area contributed by atoms with E-state index in [2.05, 4.69) is 0 Å². The summed E-state index contributed by atoms with van der Waals surface area (Å²) in [5, 5.41) is 0. The first-order chi connectivity index (χ1) is 11.4. The van der Waals surface area contributed by atoms with E-state index in [0.29, 0.717) is 19.5 Å². The van der Waals surface area contributed by atoms with Gasteiger partial charge in [-0.2, -0.15) is 4.31 Å². The number of hydrogen-bond donors (Lipinski definition) is 1. The maximum absolute atomic E-state index is 13.4. The number of benzene rings is 2. The van der Waals surface area contributed by atoms with E-state index < -0.39 is 15.9 Å². The van der Waals surface area contributed by atoms with Crippen LogP contribution in [0.15, 0.2) is 53.4 Å². The summed E-state index contributed by atoms with van der Waals surface area (Å²) in [5.41, 5.74) is 6.22. The Bertz CT molecular complexity index is 866. The standard InChI is InChI=1S/C17H17FN2O3S/c18-15-3-1-2-13(10-15)14-8-9-20(11-14)24(22,23)16-6-4-12(5-7-16)17(19)21/h1-7,10,14H,8-9,11H2,(H2,19,21)/t14-/m0/s1. The highest BCUT2D eigenvalue weighted by atomic mass is 32.2. The van der Waals surface area contributed by atoms with E-state index in [1.807, 2.05) is 6.07 Å². The normalized spacial score (nSPS) is 18.6. The number of amides is 1. The van der Waals surface area contributed by atoms with Crippen molar-refractivity contribution >= 4 is 15.9 Å². The number of nitrogens with zero attached hydrogens (tertiary/aromatic N) is 1. The molecule has 1 saturated heterocycles. The minimum Gasteiger partial charge on any atom is -0.366 e. The molecule has 1 aliphatic heterocycles. The van der Waals surface area contributed by atoms with Crippen molar-refractivity contribution in [1.82, 2.24) is 4.31 Å². The highest BCUT2D eigenvalue weighted by Gasteiger charge is 2.33. The largest absolute Gasteiger partial charge is 0.366 e. The molecular weight excluding hydrogens is 331 g/mol. The fraction of sp³-hybridized carbons (Fsp3) is 0.235. The van der Waals surface area contributed by atoms with Gasteiger partial charge in [0.25, 0.3) is 0 Å². The molecule has 0 bridgehead atoms. The Balaban J connectivity index is 1.80. The molecule has 24 heavy (non-hydrogen) atoms. The molecule has 2 N–H and O–H groups in total. The summed E-state index contributed by atoms with van der Waals surface area (Å²) < 4.78 is 40.1. The molecule has 1 amide bonds. The van der Waals surface area contributed by atoms with Gasteiger partial charge in [0.15, 0.2) is 0 Å². The Kier molecular flexibility index (Phi) is 4.38. The molecule has 0 aromatic heterocycles. The summed E-state index contributed by atoms with van der Waals surface area (Å²) in [7, 11) is -3.64. The first kappa shape index (κ1) is 16.6. The topological polar surface area (TPSA) is 80.5 Å². The van der Waals surface area contributed by atoms with Gasteiger partial charge in [-0.25, -0.2) is 12.8 Å². The van der Waals surface area contributed by atoms with E-state index in [1.54, 1.807) is 6.07 Å². The number of rotatable bonds is 4. The predicted octanol–water partition coefficient (Wildman–Crippen LogP) is 2.10. The Morgan fingerprint density at radius 2 is 1.88 bits per heavy atom. The molecular formula is C17H17FN2O3S. The van der Waals surface area contributed by atoms with E-state index >= 15 is 0 Å². The maximum atomic E-state index is 13.4. The molecule has 7 heteroatoms. The molecule has 1 aliphatic rings. The van der Waals surface area contributed by atoms with Gasteiger partial charge in [-0.1, -0.05) is 12.1 Å². The van der Waals surface area contributed by atoms with Gasteiger partial charge < -0.3 is 5.73 Å². The third-order valence-corrected chi connectivity index (χ3v) is 6.13. The zero-order chi connectivity index (χ0) is 17.3. The average molecular weight is 348 g/mol. The molecule has 1 fully saturated rings. The third-order valence-electron chi connectivity index (χ3n) is 4.25. The fourth-order valence-corrected chi connectivity index (χ4v) is 4.42. The van der Waals surface area contributed by atoms with Gasteiger partial charge in [-0.05, 0) is 54.3 Å². The van der Waals surface area contributed by atoms with Crippen LogP contribution in [-0.4, -0.2) is 31.7 Å². The van der Waals surface area contributed by atoms with Gasteiger partial charge in [0, 0.05) is 18.7 Å². The quantitative estimate of drug-likeness (QED) is 0.919. The number of sulfonamides is 1. The minimum atomic E-state index is -3.64. The molecule has 3 rings (SSSR count). The number of primary amides is 1. The van der Waals surface area contributed by atoms with Crippen molar-refractivity contribution < 1.29 is 17.6 Å².